The third-order valence-corrected chi connectivity index (χ3v) is 2.92. The first kappa shape index (κ1) is 17.2. The fourth-order valence-corrected chi connectivity index (χ4v) is 1.88. The second-order valence-corrected chi connectivity index (χ2v) is 4.64. The zero-order valence-corrected chi connectivity index (χ0v) is 12.5. The maximum atomic E-state index is 13.0. The van der Waals surface area contributed by atoms with Gasteiger partial charge in [0, 0.05) is 11.8 Å². The van der Waals surface area contributed by atoms with E-state index in [2.05, 4.69) is 5.32 Å². The molecule has 0 saturated heterocycles. The second kappa shape index (κ2) is 7.40. The molecular weight excluding hydrogens is 324 g/mol. The fourth-order valence-electron chi connectivity index (χ4n) is 1.88. The number of halogens is 2. The van der Waals surface area contributed by atoms with Gasteiger partial charge in [0.1, 0.15) is 17.2 Å². The van der Waals surface area contributed by atoms with Gasteiger partial charge < -0.3 is 19.9 Å². The van der Waals surface area contributed by atoms with Gasteiger partial charge in [-0.1, -0.05) is 6.07 Å². The largest absolute Gasteiger partial charge is 0.504 e. The Kier molecular flexibility index (Phi) is 5.31. The lowest BCUT2D eigenvalue weighted by atomic mass is 10.2. The zero-order chi connectivity index (χ0) is 17.7. The molecule has 2 aromatic carbocycles. The molecule has 8 heteroatoms. The minimum Gasteiger partial charge on any atom is -0.504 e. The highest BCUT2D eigenvalue weighted by Gasteiger charge is 2.17. The van der Waals surface area contributed by atoms with Gasteiger partial charge in [-0.05, 0) is 24.3 Å². The highest BCUT2D eigenvalue weighted by atomic mass is 19.1. The van der Waals surface area contributed by atoms with Crippen LogP contribution in [0, 0.1) is 11.6 Å². The number of methoxy groups -OCH3 is 1. The minimum absolute atomic E-state index is 0.0733. The van der Waals surface area contributed by atoms with Crippen LogP contribution in [0.15, 0.2) is 36.4 Å². The van der Waals surface area contributed by atoms with Gasteiger partial charge >= 0.3 is 5.97 Å². The van der Waals surface area contributed by atoms with E-state index in [9.17, 15) is 23.5 Å². The molecular formula is C16H13F2NO5. The van der Waals surface area contributed by atoms with Gasteiger partial charge in [0.05, 0.1) is 7.11 Å². The number of para-hydroxylation sites is 1. The van der Waals surface area contributed by atoms with Crippen molar-refractivity contribution in [3.05, 3.63) is 53.6 Å². The van der Waals surface area contributed by atoms with Crippen molar-refractivity contribution in [3.8, 4) is 11.5 Å². The lowest BCUT2D eigenvalue weighted by Gasteiger charge is -2.09. The summed E-state index contributed by atoms with van der Waals surface area (Å²) >= 11 is 0. The fraction of sp³-hybridized carbons (Fsp3) is 0.125. The van der Waals surface area contributed by atoms with Gasteiger partial charge in [0.2, 0.25) is 0 Å². The Morgan fingerprint density at radius 1 is 1.17 bits per heavy atom. The summed E-state index contributed by atoms with van der Waals surface area (Å²) in [6, 6.07) is 6.68. The summed E-state index contributed by atoms with van der Waals surface area (Å²) in [6.07, 6.45) is 0. The van der Waals surface area contributed by atoms with Crippen molar-refractivity contribution in [2.75, 3.05) is 19.0 Å². The number of carbonyl (C=O) groups is 2. The van der Waals surface area contributed by atoms with Crippen LogP contribution in [-0.2, 0) is 9.53 Å². The number of phenols is 1. The summed E-state index contributed by atoms with van der Waals surface area (Å²) in [7, 11) is 1.32. The maximum Gasteiger partial charge on any atom is 0.342 e. The van der Waals surface area contributed by atoms with Gasteiger partial charge in [-0.2, -0.15) is 0 Å². The molecule has 126 valence electrons. The van der Waals surface area contributed by atoms with Crippen LogP contribution in [0.4, 0.5) is 14.5 Å². The summed E-state index contributed by atoms with van der Waals surface area (Å²) in [5, 5.41) is 12.0. The maximum absolute atomic E-state index is 13.0. The molecule has 0 heterocycles. The second-order valence-electron chi connectivity index (χ2n) is 4.64. The number of rotatable bonds is 5. The molecule has 0 aliphatic rings. The van der Waals surface area contributed by atoms with E-state index in [0.717, 1.165) is 12.1 Å². The van der Waals surface area contributed by atoms with Gasteiger partial charge in [0.25, 0.3) is 5.91 Å². The molecule has 0 atom stereocenters. The van der Waals surface area contributed by atoms with Gasteiger partial charge in [0.15, 0.2) is 18.1 Å². The van der Waals surface area contributed by atoms with Crippen molar-refractivity contribution in [2.45, 2.75) is 0 Å². The third-order valence-electron chi connectivity index (χ3n) is 2.92. The smallest absolute Gasteiger partial charge is 0.342 e. The Morgan fingerprint density at radius 3 is 2.46 bits per heavy atom. The van der Waals surface area contributed by atoms with E-state index < -0.39 is 35.9 Å². The number of hydrogen-bond donors (Lipinski definition) is 2. The summed E-state index contributed by atoms with van der Waals surface area (Å²) < 4.78 is 35.6. The summed E-state index contributed by atoms with van der Waals surface area (Å²) in [4.78, 5) is 23.5. The van der Waals surface area contributed by atoms with Gasteiger partial charge in [-0.3, -0.25) is 4.79 Å². The molecule has 0 saturated carbocycles. The summed E-state index contributed by atoms with van der Waals surface area (Å²) in [6.45, 7) is -0.701. The first-order chi connectivity index (χ1) is 11.4. The Labute approximate surface area is 135 Å². The molecule has 0 aliphatic carbocycles. The summed E-state index contributed by atoms with van der Waals surface area (Å²) in [5.41, 5.74) is -0.295. The molecule has 0 unspecified atom stereocenters. The number of esters is 1. The highest BCUT2D eigenvalue weighted by Crippen LogP contribution is 2.29. The molecule has 2 aromatic rings. The molecule has 2 N–H and O–H groups in total. The average Bonchev–Trinajstić information content (AvgIpc) is 2.52. The van der Waals surface area contributed by atoms with Crippen LogP contribution in [0.5, 0.6) is 11.5 Å². The van der Waals surface area contributed by atoms with Crippen LogP contribution >= 0.6 is 0 Å². The Hall–Kier alpha value is -3.16. The van der Waals surface area contributed by atoms with Crippen molar-refractivity contribution in [1.29, 1.82) is 0 Å². The number of aromatic hydroxyl groups is 1. The topological polar surface area (TPSA) is 84.9 Å². The minimum atomic E-state index is -0.952. The number of amides is 1. The molecule has 0 aliphatic heterocycles. The molecule has 0 fully saturated rings. The average molecular weight is 337 g/mol. The highest BCUT2D eigenvalue weighted by molar-refractivity contribution is 5.97. The molecule has 1 amide bonds. The predicted molar refractivity (Wildman–Crippen MR) is 79.9 cm³/mol. The number of ether oxygens (including phenoxy) is 2. The number of benzene rings is 2. The number of anilines is 1. The van der Waals surface area contributed by atoms with Gasteiger partial charge in [-0.15, -0.1) is 0 Å². The van der Waals surface area contributed by atoms with Crippen LogP contribution in [-0.4, -0.2) is 30.7 Å². The van der Waals surface area contributed by atoms with Crippen molar-refractivity contribution in [1.82, 2.24) is 0 Å². The first-order valence-electron chi connectivity index (χ1n) is 6.69. The Bertz CT molecular complexity index is 759. The van der Waals surface area contributed by atoms with Crippen LogP contribution in [0.2, 0.25) is 0 Å². The Balaban J connectivity index is 1.97. The van der Waals surface area contributed by atoms with Crippen LogP contribution in [0.1, 0.15) is 10.4 Å². The molecule has 24 heavy (non-hydrogen) atoms. The molecule has 0 radical (unpaired) electrons. The standard InChI is InChI=1S/C16H13F2NO5/c1-23-13-4-2-3-12(15(13)21)16(22)24-8-14(20)19-11-6-9(17)5-10(18)7-11/h2-7,21H,8H2,1H3,(H,19,20). The van der Waals surface area contributed by atoms with Crippen molar-refractivity contribution in [3.63, 3.8) is 0 Å². The van der Waals surface area contributed by atoms with E-state index in [1.54, 1.807) is 0 Å². The van der Waals surface area contributed by atoms with Crippen molar-refractivity contribution >= 4 is 17.6 Å². The quantitative estimate of drug-likeness (QED) is 0.819. The van der Waals surface area contributed by atoms with E-state index in [4.69, 9.17) is 9.47 Å². The zero-order valence-electron chi connectivity index (χ0n) is 12.5. The normalized spacial score (nSPS) is 10.1. The molecule has 0 spiro atoms. The first-order valence-corrected chi connectivity index (χ1v) is 6.69. The number of carbonyl (C=O) groups excluding carboxylic acids is 2. The predicted octanol–water partition coefficient (Wildman–Crippen LogP) is 2.47. The van der Waals surface area contributed by atoms with Crippen LogP contribution in [0.3, 0.4) is 0 Å². The van der Waals surface area contributed by atoms with Crippen molar-refractivity contribution < 1.29 is 33.0 Å². The molecule has 0 aromatic heterocycles. The van der Waals surface area contributed by atoms with Crippen LogP contribution in [0.25, 0.3) is 0 Å². The lowest BCUT2D eigenvalue weighted by Crippen LogP contribution is -2.21. The van der Waals surface area contributed by atoms with Crippen LogP contribution < -0.4 is 10.1 Å². The summed E-state index contributed by atoms with van der Waals surface area (Å²) in [5.74, 6) is -3.81. The number of phenolic OH excluding ortho intramolecular Hbond substituents is 1. The van der Waals surface area contributed by atoms with E-state index in [-0.39, 0.29) is 17.0 Å². The van der Waals surface area contributed by atoms with E-state index in [0.29, 0.717) is 6.07 Å². The lowest BCUT2D eigenvalue weighted by molar-refractivity contribution is -0.119. The third kappa shape index (κ3) is 4.19. The Morgan fingerprint density at radius 2 is 1.83 bits per heavy atom. The number of nitrogens with one attached hydrogen (secondary N) is 1. The van der Waals surface area contributed by atoms with Gasteiger partial charge in [-0.25, -0.2) is 13.6 Å². The molecule has 2 rings (SSSR count). The van der Waals surface area contributed by atoms with E-state index in [1.165, 1.54) is 25.3 Å². The molecule has 0 bridgehead atoms. The van der Waals surface area contributed by atoms with Crippen molar-refractivity contribution in [2.24, 2.45) is 0 Å². The molecule has 6 nitrogen and oxygen atoms in total. The van der Waals surface area contributed by atoms with E-state index >= 15 is 0 Å². The monoisotopic (exact) mass is 337 g/mol. The SMILES string of the molecule is COc1cccc(C(=O)OCC(=O)Nc2cc(F)cc(F)c2)c1O. The number of hydrogen-bond acceptors (Lipinski definition) is 5. The van der Waals surface area contributed by atoms with E-state index in [1.807, 2.05) is 0 Å².